The molecular formula is C19H22F5N3O4. The van der Waals surface area contributed by atoms with Gasteiger partial charge in [-0.2, -0.15) is 22.0 Å². The van der Waals surface area contributed by atoms with Crippen LogP contribution in [0.4, 0.5) is 27.6 Å². The summed E-state index contributed by atoms with van der Waals surface area (Å²) < 4.78 is 68.8. The number of ether oxygens (including phenoxy) is 1. The van der Waals surface area contributed by atoms with Gasteiger partial charge in [0.05, 0.1) is 12.2 Å². The molecule has 1 aliphatic rings. The molecule has 1 aliphatic heterocycles. The number of carbonyl (C=O) groups excluding carboxylic acids is 3. The monoisotopic (exact) mass is 451 g/mol. The molecule has 0 aliphatic carbocycles. The zero-order valence-electron chi connectivity index (χ0n) is 16.9. The van der Waals surface area contributed by atoms with E-state index in [9.17, 15) is 36.3 Å². The fourth-order valence-electron chi connectivity index (χ4n) is 2.70. The molecule has 2 rings (SSSR count). The van der Waals surface area contributed by atoms with Crippen LogP contribution in [-0.4, -0.2) is 48.5 Å². The van der Waals surface area contributed by atoms with E-state index in [4.69, 9.17) is 4.74 Å². The van der Waals surface area contributed by atoms with E-state index < -0.39 is 53.9 Å². The number of nitrogens with one attached hydrogen (secondary N) is 3. The van der Waals surface area contributed by atoms with Crippen molar-refractivity contribution >= 4 is 23.4 Å². The molecule has 12 heteroatoms. The highest BCUT2D eigenvalue weighted by Gasteiger charge is 2.57. The van der Waals surface area contributed by atoms with Crippen LogP contribution in [-0.2, 0) is 14.4 Å². The molecule has 7 nitrogen and oxygen atoms in total. The second kappa shape index (κ2) is 8.67. The number of rotatable bonds is 6. The van der Waals surface area contributed by atoms with Gasteiger partial charge < -0.3 is 20.7 Å². The topological polar surface area (TPSA) is 96.5 Å². The molecule has 2 atom stereocenters. The molecule has 0 bridgehead atoms. The Kier molecular flexibility index (Phi) is 6.81. The first kappa shape index (κ1) is 24.4. The highest BCUT2D eigenvalue weighted by molar-refractivity contribution is 6.06. The smallest absolute Gasteiger partial charge is 0.455 e. The van der Waals surface area contributed by atoms with Crippen molar-refractivity contribution in [1.82, 2.24) is 10.6 Å². The molecule has 1 aromatic rings. The first-order chi connectivity index (χ1) is 14.2. The molecule has 1 heterocycles. The molecule has 0 fully saturated rings. The Balaban J connectivity index is 2.13. The minimum Gasteiger partial charge on any atom is -0.486 e. The van der Waals surface area contributed by atoms with Crippen LogP contribution in [0.2, 0.25) is 0 Å². The second-order valence-electron chi connectivity index (χ2n) is 7.51. The van der Waals surface area contributed by atoms with Crippen LogP contribution in [0.15, 0.2) is 24.3 Å². The summed E-state index contributed by atoms with van der Waals surface area (Å²) in [5.41, 5.74) is -1.69. The van der Waals surface area contributed by atoms with E-state index in [1.807, 2.05) is 0 Å². The van der Waals surface area contributed by atoms with E-state index in [1.165, 1.54) is 5.32 Å². The Morgan fingerprint density at radius 2 is 1.71 bits per heavy atom. The lowest BCUT2D eigenvalue weighted by Gasteiger charge is -2.29. The maximum Gasteiger partial charge on any atom is 0.455 e. The molecule has 31 heavy (non-hydrogen) atoms. The number of anilines is 1. The lowest BCUT2D eigenvalue weighted by atomic mass is 9.90. The van der Waals surface area contributed by atoms with Gasteiger partial charge in [0, 0.05) is 0 Å². The van der Waals surface area contributed by atoms with Gasteiger partial charge >= 0.3 is 12.1 Å². The number of benzene rings is 1. The Morgan fingerprint density at radius 1 is 1.10 bits per heavy atom. The molecule has 0 radical (unpaired) electrons. The van der Waals surface area contributed by atoms with Crippen molar-refractivity contribution in [3.05, 3.63) is 24.3 Å². The number of carbonyl (C=O) groups is 3. The van der Waals surface area contributed by atoms with Gasteiger partial charge in [0.25, 0.3) is 5.91 Å². The minimum absolute atomic E-state index is 0.289. The summed E-state index contributed by atoms with van der Waals surface area (Å²) in [7, 11) is 0. The molecule has 0 saturated carbocycles. The van der Waals surface area contributed by atoms with Crippen LogP contribution in [0.25, 0.3) is 0 Å². The molecule has 0 unspecified atom stereocenters. The first-order valence-corrected chi connectivity index (χ1v) is 9.31. The normalized spacial score (nSPS) is 19.4. The van der Waals surface area contributed by atoms with E-state index in [0.29, 0.717) is 11.4 Å². The number of fused-ring (bicyclic) bond motifs is 1. The molecule has 0 spiro atoms. The predicted octanol–water partition coefficient (Wildman–Crippen LogP) is 2.62. The highest BCUT2D eigenvalue weighted by atomic mass is 19.4. The highest BCUT2D eigenvalue weighted by Crippen LogP contribution is 2.35. The van der Waals surface area contributed by atoms with Crippen molar-refractivity contribution in [1.29, 1.82) is 0 Å². The number of halogens is 5. The summed E-state index contributed by atoms with van der Waals surface area (Å²) in [6.07, 6.45) is -6.39. The number of alkyl halides is 5. The number of hydrogen-bond acceptors (Lipinski definition) is 4. The van der Waals surface area contributed by atoms with Crippen LogP contribution >= 0.6 is 0 Å². The third-order valence-corrected chi connectivity index (χ3v) is 4.79. The quantitative estimate of drug-likeness (QED) is 0.458. The zero-order chi connectivity index (χ0) is 23.6. The molecule has 3 N–H and O–H groups in total. The summed E-state index contributed by atoms with van der Waals surface area (Å²) in [6.45, 7) is 1.75. The number of para-hydroxylation sites is 2. The summed E-state index contributed by atoms with van der Waals surface area (Å²) >= 11 is 0. The maximum absolute atomic E-state index is 13.1. The van der Waals surface area contributed by atoms with Crippen molar-refractivity contribution in [3.8, 4) is 5.75 Å². The second-order valence-corrected chi connectivity index (χ2v) is 7.51. The van der Waals surface area contributed by atoms with Gasteiger partial charge in [-0.3, -0.25) is 14.4 Å². The van der Waals surface area contributed by atoms with Crippen LogP contribution in [0.5, 0.6) is 5.75 Å². The molecule has 1 aromatic carbocycles. The Labute approximate surface area is 174 Å². The Bertz CT molecular complexity index is 857. The molecule has 0 saturated heterocycles. The third kappa shape index (κ3) is 5.23. The van der Waals surface area contributed by atoms with E-state index in [-0.39, 0.29) is 6.42 Å². The van der Waals surface area contributed by atoms with Gasteiger partial charge in [0.2, 0.25) is 11.8 Å². The van der Waals surface area contributed by atoms with Gasteiger partial charge in [0.15, 0.2) is 0 Å². The molecule has 172 valence electrons. The largest absolute Gasteiger partial charge is 0.486 e. The molecule has 0 aromatic heterocycles. The van der Waals surface area contributed by atoms with Crippen molar-refractivity contribution in [2.24, 2.45) is 5.41 Å². The summed E-state index contributed by atoms with van der Waals surface area (Å²) in [4.78, 5) is 37.5. The fourth-order valence-corrected chi connectivity index (χ4v) is 2.70. The Morgan fingerprint density at radius 3 is 2.29 bits per heavy atom. The number of hydrogen-bond donors (Lipinski definition) is 3. The van der Waals surface area contributed by atoms with E-state index in [1.54, 1.807) is 31.2 Å². The summed E-state index contributed by atoms with van der Waals surface area (Å²) in [5, 5.41) is 6.38. The van der Waals surface area contributed by atoms with Gasteiger partial charge in [-0.1, -0.05) is 19.1 Å². The average Bonchev–Trinajstić information content (AvgIpc) is 2.81. The van der Waals surface area contributed by atoms with Crippen LogP contribution in [0, 0.1) is 5.41 Å². The van der Waals surface area contributed by atoms with Gasteiger partial charge in [-0.15, -0.1) is 0 Å². The average molecular weight is 451 g/mol. The van der Waals surface area contributed by atoms with Gasteiger partial charge in [-0.25, -0.2) is 0 Å². The standard InChI is InChI=1S/C19H22F5N3O4/c1-4-11-13(14(28)26-10-7-5-6-8-12(10)31-11)27-16(30)17(2,3)15(29)25-9-18(20,21)19(22,23)24/h5-8,11,13H,4,9H2,1-3H3,(H,25,29)(H,26,28)(H,27,30)/t11-,13+/m0/s1. The SMILES string of the molecule is CC[C@@H]1Oc2ccccc2NC(=O)[C@@H]1NC(=O)C(C)(C)C(=O)NCC(F)(F)C(F)(F)F. The summed E-state index contributed by atoms with van der Waals surface area (Å²) in [6, 6.07) is 5.30. The zero-order valence-corrected chi connectivity index (χ0v) is 16.9. The Hall–Kier alpha value is -2.92. The van der Waals surface area contributed by atoms with Crippen molar-refractivity contribution < 1.29 is 41.1 Å². The van der Waals surface area contributed by atoms with E-state index in [2.05, 4.69) is 10.6 Å². The van der Waals surface area contributed by atoms with Crippen LogP contribution in [0.3, 0.4) is 0 Å². The van der Waals surface area contributed by atoms with E-state index in [0.717, 1.165) is 13.8 Å². The minimum atomic E-state index is -5.86. The molecular weight excluding hydrogens is 429 g/mol. The lowest BCUT2D eigenvalue weighted by molar-refractivity contribution is -0.278. The van der Waals surface area contributed by atoms with Gasteiger partial charge in [0.1, 0.15) is 23.3 Å². The first-order valence-electron chi connectivity index (χ1n) is 9.31. The number of amides is 3. The van der Waals surface area contributed by atoms with Crippen LogP contribution < -0.4 is 20.7 Å². The van der Waals surface area contributed by atoms with Crippen molar-refractivity contribution in [3.63, 3.8) is 0 Å². The molecule has 3 amide bonds. The fraction of sp³-hybridized carbons (Fsp3) is 0.526. The maximum atomic E-state index is 13.1. The van der Waals surface area contributed by atoms with Crippen molar-refractivity contribution in [2.75, 3.05) is 11.9 Å². The predicted molar refractivity (Wildman–Crippen MR) is 99.5 cm³/mol. The summed E-state index contributed by atoms with van der Waals surface area (Å²) in [5.74, 6) is -7.84. The lowest BCUT2D eigenvalue weighted by Crippen LogP contribution is -2.58. The van der Waals surface area contributed by atoms with Gasteiger partial charge in [-0.05, 0) is 32.4 Å². The van der Waals surface area contributed by atoms with E-state index >= 15 is 0 Å². The third-order valence-electron chi connectivity index (χ3n) is 4.79. The van der Waals surface area contributed by atoms with Crippen LogP contribution in [0.1, 0.15) is 27.2 Å². The van der Waals surface area contributed by atoms with Crippen molar-refractivity contribution in [2.45, 2.75) is 51.4 Å².